The summed E-state index contributed by atoms with van der Waals surface area (Å²) in [4.78, 5) is 44.4. The number of benzene rings is 1. The van der Waals surface area contributed by atoms with Crippen molar-refractivity contribution in [1.29, 1.82) is 0 Å². The number of likely N-dealkylation sites (tertiary alicyclic amines) is 1. The van der Waals surface area contributed by atoms with Crippen LogP contribution in [0.4, 0.5) is 13.9 Å². The van der Waals surface area contributed by atoms with E-state index < -0.39 is 29.5 Å². The van der Waals surface area contributed by atoms with E-state index in [1.54, 1.807) is 11.8 Å². The van der Waals surface area contributed by atoms with E-state index in [1.165, 1.54) is 0 Å². The summed E-state index contributed by atoms with van der Waals surface area (Å²) in [6.45, 7) is 5.03. The molecule has 1 aliphatic heterocycles. The fourth-order valence-electron chi connectivity index (χ4n) is 3.61. The van der Waals surface area contributed by atoms with Crippen molar-refractivity contribution in [3.63, 3.8) is 0 Å². The second kappa shape index (κ2) is 10.6. The normalized spacial score (nSPS) is 14.3. The van der Waals surface area contributed by atoms with Crippen molar-refractivity contribution in [1.82, 2.24) is 15.2 Å². The Bertz CT molecular complexity index is 985. The molecule has 0 spiro atoms. The number of rotatable bonds is 8. The van der Waals surface area contributed by atoms with Crippen LogP contribution in [0.2, 0.25) is 0 Å². The zero-order valence-electron chi connectivity index (χ0n) is 18.0. The summed E-state index contributed by atoms with van der Waals surface area (Å²) in [6, 6.07) is 2.05. The number of halogens is 2. The maximum atomic E-state index is 13.4. The first kappa shape index (κ1) is 23.8. The van der Waals surface area contributed by atoms with Gasteiger partial charge < -0.3 is 15.5 Å². The Morgan fingerprint density at radius 2 is 1.81 bits per heavy atom. The number of anilines is 1. The number of carbonyl (C=O) groups is 3. The number of hydrogen-bond acceptors (Lipinski definition) is 5. The lowest BCUT2D eigenvalue weighted by molar-refractivity contribution is -0.126. The van der Waals surface area contributed by atoms with E-state index in [-0.39, 0.29) is 23.0 Å². The molecule has 1 saturated heterocycles. The Hall–Kier alpha value is -2.88. The number of nitrogens with zero attached hydrogens (tertiary/aromatic N) is 2. The van der Waals surface area contributed by atoms with Crippen molar-refractivity contribution in [2.24, 2.45) is 0 Å². The van der Waals surface area contributed by atoms with Gasteiger partial charge in [-0.1, -0.05) is 24.7 Å². The average molecular weight is 465 g/mol. The Kier molecular flexibility index (Phi) is 7.89. The number of carbonyl (C=O) groups excluding carboxylic acids is 3. The summed E-state index contributed by atoms with van der Waals surface area (Å²) >= 11 is 1.11. The van der Waals surface area contributed by atoms with Gasteiger partial charge in [-0.3, -0.25) is 14.4 Å². The highest BCUT2D eigenvalue weighted by atomic mass is 32.1. The van der Waals surface area contributed by atoms with Gasteiger partial charge in [0.2, 0.25) is 11.8 Å². The zero-order valence-corrected chi connectivity index (χ0v) is 18.9. The molecule has 1 atom stereocenters. The van der Waals surface area contributed by atoms with Gasteiger partial charge in [-0.05, 0) is 43.9 Å². The molecule has 2 N–H and O–H groups in total. The smallest absolute Gasteiger partial charge is 0.265 e. The van der Waals surface area contributed by atoms with E-state index in [9.17, 15) is 23.2 Å². The largest absolute Gasteiger partial charge is 0.344 e. The van der Waals surface area contributed by atoms with E-state index in [0.29, 0.717) is 23.4 Å². The van der Waals surface area contributed by atoms with Crippen molar-refractivity contribution < 1.29 is 23.2 Å². The van der Waals surface area contributed by atoms with Crippen LogP contribution in [-0.4, -0.2) is 46.7 Å². The van der Waals surface area contributed by atoms with Gasteiger partial charge in [0.25, 0.3) is 5.91 Å². The van der Waals surface area contributed by atoms with Crippen molar-refractivity contribution >= 4 is 34.2 Å². The monoisotopic (exact) mass is 464 g/mol. The minimum atomic E-state index is -0.840. The predicted octanol–water partition coefficient (Wildman–Crippen LogP) is 3.43. The van der Waals surface area contributed by atoms with Gasteiger partial charge in [0, 0.05) is 19.2 Å². The van der Waals surface area contributed by atoms with E-state index in [0.717, 1.165) is 55.5 Å². The van der Waals surface area contributed by atoms with Crippen molar-refractivity contribution in [2.75, 3.05) is 18.4 Å². The van der Waals surface area contributed by atoms with E-state index in [1.807, 2.05) is 6.92 Å². The highest BCUT2D eigenvalue weighted by molar-refractivity contribution is 7.17. The molecule has 32 heavy (non-hydrogen) atoms. The first-order chi connectivity index (χ1) is 15.3. The summed E-state index contributed by atoms with van der Waals surface area (Å²) in [5.41, 5.74) is 0.725. The molecule has 1 aromatic heterocycles. The molecule has 1 aromatic carbocycles. The molecule has 3 amide bonds. The maximum Gasteiger partial charge on any atom is 0.265 e. The standard InChI is InChI=1S/C22H26F2N4O3S/c1-3-6-17(26-18(29)11-14-9-15(23)12-16(24)10-14)20(30)27-22-25-13(2)19(32-22)21(31)28-7-4-5-8-28/h9-10,12,17H,3-8,11H2,1-2H3,(H,26,29)(H,25,27,30)/t17-/m0/s1. The summed E-state index contributed by atoms with van der Waals surface area (Å²) in [7, 11) is 0. The van der Waals surface area contributed by atoms with Crippen LogP contribution in [0.3, 0.4) is 0 Å². The lowest BCUT2D eigenvalue weighted by Gasteiger charge is -2.17. The SMILES string of the molecule is CCC[C@H](NC(=O)Cc1cc(F)cc(F)c1)C(=O)Nc1nc(C)c(C(=O)N2CCCC2)s1. The fraction of sp³-hybridized carbons (Fsp3) is 0.455. The molecule has 1 fully saturated rings. The number of hydrogen-bond donors (Lipinski definition) is 2. The van der Waals surface area contributed by atoms with Crippen LogP contribution < -0.4 is 10.6 Å². The first-order valence-corrected chi connectivity index (χ1v) is 11.4. The fourth-order valence-corrected chi connectivity index (χ4v) is 4.54. The molecule has 2 heterocycles. The van der Waals surface area contributed by atoms with Gasteiger partial charge in [-0.2, -0.15) is 0 Å². The molecule has 10 heteroatoms. The van der Waals surface area contributed by atoms with Crippen LogP contribution in [-0.2, 0) is 16.0 Å². The third-order valence-electron chi connectivity index (χ3n) is 5.13. The second-order valence-corrected chi connectivity index (χ2v) is 8.78. The third-order valence-corrected chi connectivity index (χ3v) is 6.19. The molecule has 0 bridgehead atoms. The number of amides is 3. The number of thiazole rings is 1. The Labute approximate surface area is 189 Å². The van der Waals surface area contributed by atoms with E-state index in [4.69, 9.17) is 0 Å². The highest BCUT2D eigenvalue weighted by Gasteiger charge is 2.26. The minimum Gasteiger partial charge on any atom is -0.344 e. The third kappa shape index (κ3) is 6.09. The van der Waals surface area contributed by atoms with Gasteiger partial charge in [-0.25, -0.2) is 13.8 Å². The Morgan fingerprint density at radius 1 is 1.16 bits per heavy atom. The van der Waals surface area contributed by atoms with E-state index >= 15 is 0 Å². The van der Waals surface area contributed by atoms with Gasteiger partial charge in [0.15, 0.2) is 5.13 Å². The van der Waals surface area contributed by atoms with Gasteiger partial charge >= 0.3 is 0 Å². The summed E-state index contributed by atoms with van der Waals surface area (Å²) in [5, 5.41) is 5.59. The molecule has 0 unspecified atom stereocenters. The molecule has 7 nitrogen and oxygen atoms in total. The first-order valence-electron chi connectivity index (χ1n) is 10.6. The van der Waals surface area contributed by atoms with Crippen LogP contribution in [0.5, 0.6) is 0 Å². The molecule has 3 rings (SSSR count). The lowest BCUT2D eigenvalue weighted by Crippen LogP contribution is -2.44. The topological polar surface area (TPSA) is 91.4 Å². The van der Waals surface area contributed by atoms with Crippen molar-refractivity contribution in [3.05, 3.63) is 46.0 Å². The molecule has 2 aromatic rings. The molecule has 0 radical (unpaired) electrons. The van der Waals surface area contributed by atoms with Crippen LogP contribution in [0.25, 0.3) is 0 Å². The molecule has 0 aliphatic carbocycles. The number of aryl methyl sites for hydroxylation is 1. The minimum absolute atomic E-state index is 0.0845. The van der Waals surface area contributed by atoms with Gasteiger partial charge in [0.1, 0.15) is 22.6 Å². The molecular formula is C22H26F2N4O3S. The number of aromatic nitrogens is 1. The molecule has 1 aliphatic rings. The summed E-state index contributed by atoms with van der Waals surface area (Å²) < 4.78 is 26.7. The number of nitrogens with one attached hydrogen (secondary N) is 2. The summed E-state index contributed by atoms with van der Waals surface area (Å²) in [6.07, 6.45) is 2.70. The lowest BCUT2D eigenvalue weighted by atomic mass is 10.1. The van der Waals surface area contributed by atoms with Crippen LogP contribution in [0, 0.1) is 18.6 Å². The Balaban J connectivity index is 1.64. The van der Waals surface area contributed by atoms with Gasteiger partial charge in [-0.15, -0.1) is 0 Å². The molecule has 172 valence electrons. The quantitative estimate of drug-likeness (QED) is 0.626. The van der Waals surface area contributed by atoms with Crippen LogP contribution >= 0.6 is 11.3 Å². The molecule has 0 saturated carbocycles. The van der Waals surface area contributed by atoms with E-state index in [2.05, 4.69) is 15.6 Å². The highest BCUT2D eigenvalue weighted by Crippen LogP contribution is 2.25. The van der Waals surface area contributed by atoms with Gasteiger partial charge in [0.05, 0.1) is 12.1 Å². The molecular weight excluding hydrogens is 438 g/mol. The maximum absolute atomic E-state index is 13.4. The van der Waals surface area contributed by atoms with Crippen LogP contribution in [0.15, 0.2) is 18.2 Å². The summed E-state index contributed by atoms with van der Waals surface area (Å²) in [5.74, 6) is -2.61. The zero-order chi connectivity index (χ0) is 23.3. The van der Waals surface area contributed by atoms with Crippen LogP contribution in [0.1, 0.15) is 53.5 Å². The predicted molar refractivity (Wildman–Crippen MR) is 118 cm³/mol. The van der Waals surface area contributed by atoms with Crippen molar-refractivity contribution in [2.45, 2.75) is 52.0 Å². The second-order valence-electron chi connectivity index (χ2n) is 7.79. The average Bonchev–Trinajstić information content (AvgIpc) is 3.36. The van der Waals surface area contributed by atoms with Crippen molar-refractivity contribution in [3.8, 4) is 0 Å². The Morgan fingerprint density at radius 3 is 2.44 bits per heavy atom.